The Labute approximate surface area is 181 Å². The van der Waals surface area contributed by atoms with Gasteiger partial charge in [0.1, 0.15) is 4.83 Å². The summed E-state index contributed by atoms with van der Waals surface area (Å²) in [5.41, 5.74) is 1.84. The average molecular weight is 428 g/mol. The number of amides is 1. The molecule has 1 aliphatic carbocycles. The molecule has 0 radical (unpaired) electrons. The highest BCUT2D eigenvalue weighted by Gasteiger charge is 2.23. The van der Waals surface area contributed by atoms with Crippen LogP contribution in [0.15, 0.2) is 17.3 Å². The number of pyridine rings is 1. The van der Waals surface area contributed by atoms with Crippen LogP contribution in [0.3, 0.4) is 0 Å². The third kappa shape index (κ3) is 4.48. The number of hydrogen-bond acceptors (Lipinski definition) is 6. The third-order valence-electron chi connectivity index (χ3n) is 6.09. The number of anilines is 2. The molecule has 4 rings (SSSR count). The fourth-order valence-electron chi connectivity index (χ4n) is 4.39. The zero-order valence-electron chi connectivity index (χ0n) is 17.5. The molecule has 2 aliphatic rings. The second kappa shape index (κ2) is 9.55. The van der Waals surface area contributed by atoms with Gasteiger partial charge in [-0.3, -0.25) is 14.6 Å². The summed E-state index contributed by atoms with van der Waals surface area (Å²) in [7, 11) is 0. The number of carbonyl (C=O) groups is 2. The molecule has 3 heterocycles. The van der Waals surface area contributed by atoms with E-state index in [1.807, 2.05) is 11.0 Å². The highest BCUT2D eigenvalue weighted by atomic mass is 32.1. The van der Waals surface area contributed by atoms with Gasteiger partial charge in [-0.05, 0) is 18.9 Å². The first-order chi connectivity index (χ1) is 14.7. The van der Waals surface area contributed by atoms with Crippen LogP contribution >= 0.6 is 11.3 Å². The van der Waals surface area contributed by atoms with Crippen LogP contribution in [0.1, 0.15) is 55.1 Å². The van der Waals surface area contributed by atoms with E-state index >= 15 is 0 Å². The summed E-state index contributed by atoms with van der Waals surface area (Å²) in [6.07, 6.45) is 11.8. The van der Waals surface area contributed by atoms with Gasteiger partial charge in [-0.25, -0.2) is 4.98 Å². The average Bonchev–Trinajstić information content (AvgIpc) is 2.93. The fourth-order valence-corrected chi connectivity index (χ4v) is 5.33. The lowest BCUT2D eigenvalue weighted by Crippen LogP contribution is -2.48. The van der Waals surface area contributed by atoms with Crippen molar-refractivity contribution in [1.29, 1.82) is 0 Å². The van der Waals surface area contributed by atoms with Gasteiger partial charge in [-0.2, -0.15) is 0 Å². The lowest BCUT2D eigenvalue weighted by Gasteiger charge is -2.36. The van der Waals surface area contributed by atoms with Crippen LogP contribution in [0, 0.1) is 0 Å². The third-order valence-corrected chi connectivity index (χ3v) is 7.11. The van der Waals surface area contributed by atoms with Crippen LogP contribution in [-0.4, -0.2) is 60.6 Å². The molecule has 0 spiro atoms. The number of aliphatic imine (C=N–C) groups is 1. The van der Waals surface area contributed by atoms with Crippen molar-refractivity contribution in [3.63, 3.8) is 0 Å². The largest absolute Gasteiger partial charge is 0.367 e. The monoisotopic (exact) mass is 427 g/mol. The maximum absolute atomic E-state index is 11.8. The van der Waals surface area contributed by atoms with Crippen molar-refractivity contribution in [1.82, 2.24) is 9.88 Å². The SMILES string of the molecule is CC(=O)N1CCN(c2ccnc3sc(C=O)c(NC=NC4CCCCCC4)c23)CC1. The smallest absolute Gasteiger partial charge is 0.219 e. The Morgan fingerprint density at radius 2 is 1.93 bits per heavy atom. The Morgan fingerprint density at radius 1 is 1.20 bits per heavy atom. The molecule has 1 saturated carbocycles. The molecule has 0 bridgehead atoms. The molecule has 2 aromatic rings. The van der Waals surface area contributed by atoms with Crippen molar-refractivity contribution >= 4 is 51.5 Å². The van der Waals surface area contributed by atoms with Gasteiger partial charge in [0, 0.05) is 39.3 Å². The minimum atomic E-state index is 0.116. The first-order valence-corrected chi connectivity index (χ1v) is 11.6. The normalized spacial score (nSPS) is 18.7. The minimum Gasteiger partial charge on any atom is -0.367 e. The van der Waals surface area contributed by atoms with E-state index in [4.69, 9.17) is 4.99 Å². The molecule has 0 aromatic carbocycles. The van der Waals surface area contributed by atoms with E-state index in [9.17, 15) is 9.59 Å². The number of thiophene rings is 1. The van der Waals surface area contributed by atoms with Gasteiger partial charge in [0.15, 0.2) is 6.29 Å². The standard InChI is InChI=1S/C22H29N5O2S/c1-16(29)26-10-12-27(13-11-26)18-8-9-23-22-20(18)21(19(14-28)30-22)25-15-24-17-6-4-2-3-5-7-17/h8-9,14-15,17H,2-7,10-13H2,1H3,(H,24,25). The number of piperazine rings is 1. The highest BCUT2D eigenvalue weighted by Crippen LogP contribution is 2.39. The maximum atomic E-state index is 11.8. The first-order valence-electron chi connectivity index (χ1n) is 10.8. The molecule has 2 fully saturated rings. The van der Waals surface area contributed by atoms with Crippen LogP contribution in [0.4, 0.5) is 11.4 Å². The zero-order valence-corrected chi connectivity index (χ0v) is 18.3. The molecular weight excluding hydrogens is 398 g/mol. The van der Waals surface area contributed by atoms with E-state index in [-0.39, 0.29) is 5.91 Å². The van der Waals surface area contributed by atoms with E-state index in [1.165, 1.54) is 37.0 Å². The number of carbonyl (C=O) groups excluding carboxylic acids is 2. The van der Waals surface area contributed by atoms with Crippen LogP contribution in [0.25, 0.3) is 10.2 Å². The fraction of sp³-hybridized carbons (Fsp3) is 0.545. The zero-order chi connectivity index (χ0) is 20.9. The molecule has 30 heavy (non-hydrogen) atoms. The molecule has 7 nitrogen and oxygen atoms in total. The predicted octanol–water partition coefficient (Wildman–Crippen LogP) is 3.94. The summed E-state index contributed by atoms with van der Waals surface area (Å²) >= 11 is 1.40. The summed E-state index contributed by atoms with van der Waals surface area (Å²) in [5.74, 6) is 0.116. The van der Waals surface area contributed by atoms with Crippen molar-refractivity contribution < 1.29 is 9.59 Å². The number of fused-ring (bicyclic) bond motifs is 1. The Hall–Kier alpha value is -2.48. The van der Waals surface area contributed by atoms with E-state index in [0.717, 1.165) is 53.8 Å². The Balaban J connectivity index is 1.59. The summed E-state index contributed by atoms with van der Waals surface area (Å²) in [6, 6.07) is 2.36. The Kier molecular flexibility index (Phi) is 6.62. The molecule has 2 aromatic heterocycles. The van der Waals surface area contributed by atoms with Gasteiger partial charge in [0.05, 0.1) is 34.0 Å². The molecule has 8 heteroatoms. The molecule has 1 aliphatic heterocycles. The second-order valence-electron chi connectivity index (χ2n) is 8.03. The number of nitrogens with zero attached hydrogens (tertiary/aromatic N) is 4. The van der Waals surface area contributed by atoms with Crippen molar-refractivity contribution in [3.8, 4) is 0 Å². The predicted molar refractivity (Wildman–Crippen MR) is 123 cm³/mol. The van der Waals surface area contributed by atoms with Gasteiger partial charge in [-0.1, -0.05) is 25.7 Å². The summed E-state index contributed by atoms with van der Waals surface area (Å²) < 4.78 is 0. The van der Waals surface area contributed by atoms with Crippen LogP contribution in [0.2, 0.25) is 0 Å². The molecule has 1 N–H and O–H groups in total. The number of nitrogens with one attached hydrogen (secondary N) is 1. The number of aromatic nitrogens is 1. The van der Waals surface area contributed by atoms with Crippen LogP contribution < -0.4 is 10.2 Å². The number of rotatable bonds is 5. The summed E-state index contributed by atoms with van der Waals surface area (Å²) in [6.45, 7) is 4.55. The van der Waals surface area contributed by atoms with Gasteiger partial charge < -0.3 is 15.1 Å². The number of aldehydes is 1. The quantitative estimate of drug-likeness (QED) is 0.338. The molecule has 0 unspecified atom stereocenters. The second-order valence-corrected chi connectivity index (χ2v) is 9.06. The van der Waals surface area contributed by atoms with Crippen molar-refractivity contribution in [2.24, 2.45) is 4.99 Å². The summed E-state index contributed by atoms with van der Waals surface area (Å²) in [4.78, 5) is 38.3. The highest BCUT2D eigenvalue weighted by molar-refractivity contribution is 7.21. The van der Waals surface area contributed by atoms with Crippen LogP contribution in [-0.2, 0) is 4.79 Å². The summed E-state index contributed by atoms with van der Waals surface area (Å²) in [5, 5.41) is 4.28. The maximum Gasteiger partial charge on any atom is 0.219 e. The van der Waals surface area contributed by atoms with E-state index < -0.39 is 0 Å². The lowest BCUT2D eigenvalue weighted by molar-refractivity contribution is -0.129. The van der Waals surface area contributed by atoms with Crippen molar-refractivity contribution in [2.45, 2.75) is 51.5 Å². The van der Waals surface area contributed by atoms with Crippen LogP contribution in [0.5, 0.6) is 0 Å². The van der Waals surface area contributed by atoms with Gasteiger partial charge in [-0.15, -0.1) is 11.3 Å². The van der Waals surface area contributed by atoms with E-state index in [1.54, 1.807) is 19.5 Å². The number of hydrogen-bond donors (Lipinski definition) is 1. The first kappa shape index (κ1) is 20.8. The van der Waals surface area contributed by atoms with E-state index in [0.29, 0.717) is 24.0 Å². The van der Waals surface area contributed by atoms with Gasteiger partial charge in [0.25, 0.3) is 0 Å². The molecule has 1 saturated heterocycles. The minimum absolute atomic E-state index is 0.116. The molecule has 0 atom stereocenters. The lowest BCUT2D eigenvalue weighted by atomic mass is 10.1. The molecule has 160 valence electrons. The topological polar surface area (TPSA) is 77.9 Å². The molecule has 1 amide bonds. The van der Waals surface area contributed by atoms with Gasteiger partial charge >= 0.3 is 0 Å². The van der Waals surface area contributed by atoms with Crippen molar-refractivity contribution in [2.75, 3.05) is 36.4 Å². The Morgan fingerprint density at radius 3 is 2.60 bits per heavy atom. The Bertz CT molecular complexity index is 925. The van der Waals surface area contributed by atoms with Crippen molar-refractivity contribution in [3.05, 3.63) is 17.1 Å². The molecular formula is C22H29N5O2S. The van der Waals surface area contributed by atoms with E-state index in [2.05, 4.69) is 15.2 Å². The van der Waals surface area contributed by atoms with Gasteiger partial charge in [0.2, 0.25) is 5.91 Å².